The molecule has 0 aliphatic rings. The predicted octanol–water partition coefficient (Wildman–Crippen LogP) is 4.24. The van der Waals surface area contributed by atoms with Crippen molar-refractivity contribution < 1.29 is 9.84 Å². The quantitative estimate of drug-likeness (QED) is 0.639. The lowest BCUT2D eigenvalue weighted by atomic mass is 9.89. The lowest BCUT2D eigenvalue weighted by molar-refractivity contribution is -0.0932. The zero-order chi connectivity index (χ0) is 18.4. The van der Waals surface area contributed by atoms with Gasteiger partial charge in [0, 0.05) is 12.6 Å². The zero-order valence-corrected chi connectivity index (χ0v) is 15.5. The van der Waals surface area contributed by atoms with Gasteiger partial charge in [-0.15, -0.1) is 0 Å². The normalized spacial score (nSPS) is 13.8. The molecule has 26 heavy (non-hydrogen) atoms. The summed E-state index contributed by atoms with van der Waals surface area (Å²) in [6, 6.07) is 24.8. The van der Waals surface area contributed by atoms with Crippen molar-refractivity contribution in [3.63, 3.8) is 0 Å². The molecule has 0 aliphatic carbocycles. The third kappa shape index (κ3) is 4.13. The molecule has 3 aromatic carbocycles. The van der Waals surface area contributed by atoms with Crippen molar-refractivity contribution in [2.45, 2.75) is 32.1 Å². The van der Waals surface area contributed by atoms with Crippen LogP contribution in [0.4, 0.5) is 0 Å². The molecule has 2 N–H and O–H groups in total. The van der Waals surface area contributed by atoms with Crippen LogP contribution < -0.4 is 5.32 Å². The first-order valence-electron chi connectivity index (χ1n) is 9.15. The Balaban J connectivity index is 2.00. The van der Waals surface area contributed by atoms with Crippen molar-refractivity contribution in [1.29, 1.82) is 0 Å². The van der Waals surface area contributed by atoms with Crippen LogP contribution in [0.15, 0.2) is 72.8 Å². The molecule has 0 bridgehead atoms. The molecule has 3 nitrogen and oxygen atoms in total. The van der Waals surface area contributed by atoms with Crippen molar-refractivity contribution in [3.8, 4) is 0 Å². The van der Waals surface area contributed by atoms with Gasteiger partial charge in [0.1, 0.15) is 5.60 Å². The van der Waals surface area contributed by atoms with Crippen LogP contribution in [0.1, 0.15) is 25.0 Å². The average molecular weight is 349 g/mol. The lowest BCUT2D eigenvalue weighted by Crippen LogP contribution is -2.45. The van der Waals surface area contributed by atoms with Crippen LogP contribution >= 0.6 is 0 Å². The maximum absolute atomic E-state index is 10.4. The fourth-order valence-electron chi connectivity index (χ4n) is 3.20. The monoisotopic (exact) mass is 349 g/mol. The molecule has 0 radical (unpaired) electrons. The van der Waals surface area contributed by atoms with Gasteiger partial charge in [-0.2, -0.15) is 0 Å². The Labute approximate surface area is 155 Å². The van der Waals surface area contributed by atoms with Crippen LogP contribution in [0.25, 0.3) is 10.8 Å². The molecule has 3 aromatic rings. The minimum atomic E-state index is -0.805. The second-order valence-corrected chi connectivity index (χ2v) is 6.99. The summed E-state index contributed by atoms with van der Waals surface area (Å²) in [6.45, 7) is 5.10. The molecule has 0 amide bonds. The van der Waals surface area contributed by atoms with Gasteiger partial charge in [0.25, 0.3) is 0 Å². The van der Waals surface area contributed by atoms with Gasteiger partial charge in [-0.3, -0.25) is 0 Å². The first-order valence-corrected chi connectivity index (χ1v) is 9.15. The van der Waals surface area contributed by atoms with Gasteiger partial charge >= 0.3 is 0 Å². The van der Waals surface area contributed by atoms with E-state index in [1.54, 1.807) is 0 Å². The molecule has 0 aromatic heterocycles. The molecule has 0 saturated carbocycles. The van der Waals surface area contributed by atoms with Gasteiger partial charge in [0.2, 0.25) is 0 Å². The summed E-state index contributed by atoms with van der Waals surface area (Å²) >= 11 is 0. The van der Waals surface area contributed by atoms with E-state index >= 15 is 0 Å². The zero-order valence-electron chi connectivity index (χ0n) is 15.5. The van der Waals surface area contributed by atoms with E-state index < -0.39 is 5.60 Å². The Hall–Kier alpha value is -2.20. The maximum atomic E-state index is 10.4. The van der Waals surface area contributed by atoms with Crippen molar-refractivity contribution in [1.82, 2.24) is 5.32 Å². The summed E-state index contributed by atoms with van der Waals surface area (Å²) in [7, 11) is 0. The SMILES string of the molecule is CC(C)NCC(CO)(OCc1ccccc1)c1cccc2ccccc12. The molecule has 0 fully saturated rings. The van der Waals surface area contributed by atoms with Gasteiger partial charge in [0.15, 0.2) is 0 Å². The second-order valence-electron chi connectivity index (χ2n) is 6.99. The molecule has 136 valence electrons. The van der Waals surface area contributed by atoms with Crippen LogP contribution in [0.2, 0.25) is 0 Å². The number of benzene rings is 3. The summed E-state index contributed by atoms with van der Waals surface area (Å²) in [4.78, 5) is 0. The number of ether oxygens (including phenoxy) is 1. The summed E-state index contributed by atoms with van der Waals surface area (Å²) < 4.78 is 6.40. The third-order valence-corrected chi connectivity index (χ3v) is 4.69. The molecular weight excluding hydrogens is 322 g/mol. The van der Waals surface area contributed by atoms with E-state index in [2.05, 4.69) is 43.4 Å². The largest absolute Gasteiger partial charge is 0.393 e. The van der Waals surface area contributed by atoms with Gasteiger partial charge < -0.3 is 15.2 Å². The number of aliphatic hydroxyl groups is 1. The topological polar surface area (TPSA) is 41.5 Å². The van der Waals surface area contributed by atoms with Crippen LogP contribution in [0.3, 0.4) is 0 Å². The third-order valence-electron chi connectivity index (χ3n) is 4.69. The Kier molecular flexibility index (Phi) is 6.04. The van der Waals surface area contributed by atoms with Crippen molar-refractivity contribution in [2.24, 2.45) is 0 Å². The minimum absolute atomic E-state index is 0.0897. The first kappa shape index (κ1) is 18.6. The smallest absolute Gasteiger partial charge is 0.129 e. The molecule has 0 spiro atoms. The standard InChI is InChI=1S/C23H27NO2/c1-18(2)24-16-23(17-25,26-15-19-9-4-3-5-10-19)22-14-8-12-20-11-6-7-13-21(20)22/h3-14,18,24-25H,15-17H2,1-2H3. The highest BCUT2D eigenvalue weighted by Gasteiger charge is 2.34. The van der Waals surface area contributed by atoms with Gasteiger partial charge in [-0.1, -0.05) is 86.6 Å². The van der Waals surface area contributed by atoms with Crippen molar-refractivity contribution in [3.05, 3.63) is 83.9 Å². The molecule has 1 atom stereocenters. The van der Waals surface area contributed by atoms with E-state index in [0.717, 1.165) is 21.9 Å². The van der Waals surface area contributed by atoms with Gasteiger partial charge in [-0.05, 0) is 21.9 Å². The molecule has 0 heterocycles. The van der Waals surface area contributed by atoms with E-state index in [4.69, 9.17) is 4.74 Å². The van der Waals surface area contributed by atoms with Crippen LogP contribution in [0, 0.1) is 0 Å². The number of hydrogen-bond acceptors (Lipinski definition) is 3. The highest BCUT2D eigenvalue weighted by Crippen LogP contribution is 2.32. The van der Waals surface area contributed by atoms with Crippen molar-refractivity contribution in [2.75, 3.05) is 13.2 Å². The van der Waals surface area contributed by atoms with E-state index in [-0.39, 0.29) is 6.61 Å². The summed E-state index contributed by atoms with van der Waals surface area (Å²) in [5, 5.41) is 16.1. The second kappa shape index (κ2) is 8.45. The van der Waals surface area contributed by atoms with Crippen LogP contribution in [0.5, 0.6) is 0 Å². The number of rotatable bonds is 8. The number of aliphatic hydroxyl groups excluding tert-OH is 1. The van der Waals surface area contributed by atoms with E-state index in [0.29, 0.717) is 19.2 Å². The predicted molar refractivity (Wildman–Crippen MR) is 107 cm³/mol. The maximum Gasteiger partial charge on any atom is 0.129 e. The van der Waals surface area contributed by atoms with Crippen molar-refractivity contribution >= 4 is 10.8 Å². The highest BCUT2D eigenvalue weighted by atomic mass is 16.5. The Morgan fingerprint density at radius 2 is 1.62 bits per heavy atom. The average Bonchev–Trinajstić information content (AvgIpc) is 2.69. The molecule has 0 aliphatic heterocycles. The Morgan fingerprint density at radius 3 is 2.35 bits per heavy atom. The molecule has 3 heteroatoms. The van der Waals surface area contributed by atoms with E-state index in [1.165, 1.54) is 0 Å². The van der Waals surface area contributed by atoms with Crippen LogP contribution in [-0.2, 0) is 16.9 Å². The van der Waals surface area contributed by atoms with Gasteiger partial charge in [0.05, 0.1) is 13.2 Å². The van der Waals surface area contributed by atoms with Crippen LogP contribution in [-0.4, -0.2) is 24.3 Å². The first-order chi connectivity index (χ1) is 12.6. The summed E-state index contributed by atoms with van der Waals surface area (Å²) in [5.41, 5.74) is 1.30. The van der Waals surface area contributed by atoms with E-state index in [9.17, 15) is 5.11 Å². The molecule has 0 saturated heterocycles. The lowest BCUT2D eigenvalue weighted by Gasteiger charge is -2.35. The van der Waals surface area contributed by atoms with Gasteiger partial charge in [-0.25, -0.2) is 0 Å². The molecular formula is C23H27NO2. The molecule has 1 unspecified atom stereocenters. The molecule has 3 rings (SSSR count). The summed E-state index contributed by atoms with van der Waals surface area (Å²) in [6.07, 6.45) is 0. The number of fused-ring (bicyclic) bond motifs is 1. The number of nitrogens with one attached hydrogen (secondary N) is 1. The Bertz CT molecular complexity index is 826. The summed E-state index contributed by atoms with van der Waals surface area (Å²) in [5.74, 6) is 0. The fourth-order valence-corrected chi connectivity index (χ4v) is 3.20. The highest BCUT2D eigenvalue weighted by molar-refractivity contribution is 5.86. The Morgan fingerprint density at radius 1 is 0.923 bits per heavy atom. The minimum Gasteiger partial charge on any atom is -0.393 e. The number of hydrogen-bond donors (Lipinski definition) is 2. The van der Waals surface area contributed by atoms with E-state index in [1.807, 2.05) is 48.5 Å². The fraction of sp³-hybridized carbons (Fsp3) is 0.304.